The molecule has 94 valence electrons. The summed E-state index contributed by atoms with van der Waals surface area (Å²) in [6.07, 6.45) is 3.37. The molecule has 0 bridgehead atoms. The summed E-state index contributed by atoms with van der Waals surface area (Å²) in [6, 6.07) is 9.62. The van der Waals surface area contributed by atoms with Crippen molar-refractivity contribution in [2.75, 3.05) is 5.73 Å². The summed E-state index contributed by atoms with van der Waals surface area (Å²) in [6.45, 7) is 0. The molecule has 0 spiro atoms. The minimum Gasteiger partial charge on any atom is -0.382 e. The van der Waals surface area contributed by atoms with Gasteiger partial charge in [-0.3, -0.25) is 5.10 Å². The quantitative estimate of drug-likeness (QED) is 0.762. The average Bonchev–Trinajstić information content (AvgIpc) is 2.82. The highest BCUT2D eigenvalue weighted by Gasteiger charge is 2.16. The fraction of sp³-hybridized carbons (Fsp3) is 0. The molecule has 3 rings (SSSR count). The van der Waals surface area contributed by atoms with E-state index in [1.165, 1.54) is 0 Å². The molecule has 2 heterocycles. The maximum Gasteiger partial charge on any atom is 0.178 e. The number of benzene rings is 1. The second-order valence-corrected chi connectivity index (χ2v) is 4.86. The topological polar surface area (TPSA) is 80.5 Å². The lowest BCUT2D eigenvalue weighted by Gasteiger charge is -2.04. The minimum atomic E-state index is 0.431. The number of nitrogens with two attached hydrogens (primary N) is 1. The fourth-order valence-electron chi connectivity index (χ4n) is 1.88. The van der Waals surface area contributed by atoms with Gasteiger partial charge in [0, 0.05) is 16.9 Å². The van der Waals surface area contributed by atoms with Crippen molar-refractivity contribution in [1.82, 2.24) is 20.2 Å². The number of hydrogen-bond donors (Lipinski definition) is 2. The van der Waals surface area contributed by atoms with Crippen molar-refractivity contribution in [2.24, 2.45) is 0 Å². The standard InChI is InChI=1S/C13H10BrN5/c14-9-4-1-3-8(7-9)10-11(18-19-12(10)15)13-16-5-2-6-17-13/h1-7H,(H3,15,18,19). The van der Waals surface area contributed by atoms with Crippen LogP contribution in [-0.2, 0) is 0 Å². The average molecular weight is 316 g/mol. The van der Waals surface area contributed by atoms with Crippen molar-refractivity contribution in [3.8, 4) is 22.6 Å². The van der Waals surface area contributed by atoms with Crippen molar-refractivity contribution in [3.63, 3.8) is 0 Å². The number of H-pyrrole nitrogens is 1. The number of aromatic amines is 1. The molecule has 5 nitrogen and oxygen atoms in total. The highest BCUT2D eigenvalue weighted by Crippen LogP contribution is 2.33. The highest BCUT2D eigenvalue weighted by atomic mass is 79.9. The Morgan fingerprint density at radius 2 is 1.89 bits per heavy atom. The Bertz CT molecular complexity index is 708. The summed E-state index contributed by atoms with van der Waals surface area (Å²) < 4.78 is 0.977. The van der Waals surface area contributed by atoms with Crippen LogP contribution in [0.25, 0.3) is 22.6 Å². The van der Waals surface area contributed by atoms with Crippen LogP contribution in [-0.4, -0.2) is 20.2 Å². The molecule has 0 saturated heterocycles. The number of hydrogen-bond acceptors (Lipinski definition) is 4. The molecule has 3 aromatic rings. The van der Waals surface area contributed by atoms with Crippen LogP contribution in [0.15, 0.2) is 47.2 Å². The molecule has 6 heteroatoms. The summed E-state index contributed by atoms with van der Waals surface area (Å²) in [4.78, 5) is 8.44. The predicted octanol–water partition coefficient (Wildman–Crippen LogP) is 2.88. The SMILES string of the molecule is Nc1n[nH]c(-c2ncccn2)c1-c1cccc(Br)c1. The van der Waals surface area contributed by atoms with Crippen LogP contribution >= 0.6 is 15.9 Å². The van der Waals surface area contributed by atoms with E-state index in [-0.39, 0.29) is 0 Å². The molecule has 19 heavy (non-hydrogen) atoms. The van der Waals surface area contributed by atoms with Gasteiger partial charge in [0.05, 0.1) is 5.56 Å². The predicted molar refractivity (Wildman–Crippen MR) is 77.2 cm³/mol. The van der Waals surface area contributed by atoms with Crippen LogP contribution in [0.5, 0.6) is 0 Å². The summed E-state index contributed by atoms with van der Waals surface area (Å²) >= 11 is 3.45. The highest BCUT2D eigenvalue weighted by molar-refractivity contribution is 9.10. The first-order valence-electron chi connectivity index (χ1n) is 5.63. The van der Waals surface area contributed by atoms with Crippen molar-refractivity contribution < 1.29 is 0 Å². The zero-order chi connectivity index (χ0) is 13.2. The Morgan fingerprint density at radius 1 is 1.11 bits per heavy atom. The van der Waals surface area contributed by atoms with E-state index in [4.69, 9.17) is 5.73 Å². The van der Waals surface area contributed by atoms with E-state index >= 15 is 0 Å². The number of rotatable bonds is 2. The number of nitrogens with zero attached hydrogens (tertiary/aromatic N) is 3. The zero-order valence-electron chi connectivity index (χ0n) is 9.84. The van der Waals surface area contributed by atoms with Crippen LogP contribution in [0.4, 0.5) is 5.82 Å². The van der Waals surface area contributed by atoms with E-state index < -0.39 is 0 Å². The van der Waals surface area contributed by atoms with Gasteiger partial charge in [-0.2, -0.15) is 5.10 Å². The molecular weight excluding hydrogens is 306 g/mol. The number of nitrogen functional groups attached to an aromatic ring is 1. The third-order valence-electron chi connectivity index (χ3n) is 2.70. The number of halogens is 1. The first kappa shape index (κ1) is 11.9. The molecule has 2 aromatic heterocycles. The van der Waals surface area contributed by atoms with Crippen molar-refractivity contribution in [2.45, 2.75) is 0 Å². The van der Waals surface area contributed by atoms with Gasteiger partial charge in [-0.05, 0) is 23.8 Å². The van der Waals surface area contributed by atoms with Crippen molar-refractivity contribution in [3.05, 3.63) is 47.2 Å². The van der Waals surface area contributed by atoms with Gasteiger partial charge in [-0.25, -0.2) is 9.97 Å². The van der Waals surface area contributed by atoms with E-state index in [9.17, 15) is 0 Å². The molecule has 1 aromatic carbocycles. The summed E-state index contributed by atoms with van der Waals surface area (Å²) in [5, 5.41) is 6.95. The monoisotopic (exact) mass is 315 g/mol. The normalized spacial score (nSPS) is 10.6. The van der Waals surface area contributed by atoms with Crippen LogP contribution in [0.2, 0.25) is 0 Å². The molecule has 0 aliphatic carbocycles. The Labute approximate surface area is 118 Å². The molecule has 0 fully saturated rings. The smallest absolute Gasteiger partial charge is 0.178 e. The Morgan fingerprint density at radius 3 is 2.63 bits per heavy atom. The fourth-order valence-corrected chi connectivity index (χ4v) is 2.28. The van der Waals surface area contributed by atoms with Gasteiger partial charge in [-0.1, -0.05) is 28.1 Å². The third-order valence-corrected chi connectivity index (χ3v) is 3.19. The first-order chi connectivity index (χ1) is 9.25. The maximum absolute atomic E-state index is 5.95. The van der Waals surface area contributed by atoms with Gasteiger partial charge in [0.25, 0.3) is 0 Å². The number of aromatic nitrogens is 4. The molecular formula is C13H10BrN5. The lowest BCUT2D eigenvalue weighted by Crippen LogP contribution is -1.91. The molecule has 0 aliphatic heterocycles. The van der Waals surface area contributed by atoms with E-state index in [2.05, 4.69) is 36.1 Å². The molecule has 0 aliphatic rings. The van der Waals surface area contributed by atoms with Crippen LogP contribution < -0.4 is 5.73 Å². The van der Waals surface area contributed by atoms with Gasteiger partial charge >= 0.3 is 0 Å². The van der Waals surface area contributed by atoms with E-state index in [1.807, 2.05) is 24.3 Å². The Balaban J connectivity index is 2.20. The molecule has 3 N–H and O–H groups in total. The number of nitrogens with one attached hydrogen (secondary N) is 1. The van der Waals surface area contributed by atoms with Crippen molar-refractivity contribution >= 4 is 21.7 Å². The van der Waals surface area contributed by atoms with E-state index in [1.54, 1.807) is 18.5 Å². The Kier molecular flexibility index (Phi) is 3.00. The summed E-state index contributed by atoms with van der Waals surface area (Å²) in [5.41, 5.74) is 8.44. The first-order valence-corrected chi connectivity index (χ1v) is 6.42. The summed E-state index contributed by atoms with van der Waals surface area (Å²) in [7, 11) is 0. The molecule has 0 saturated carbocycles. The lowest BCUT2D eigenvalue weighted by atomic mass is 10.1. The summed E-state index contributed by atoms with van der Waals surface area (Å²) in [5.74, 6) is 1.00. The molecule has 0 unspecified atom stereocenters. The largest absolute Gasteiger partial charge is 0.382 e. The van der Waals surface area contributed by atoms with Gasteiger partial charge in [-0.15, -0.1) is 0 Å². The van der Waals surface area contributed by atoms with Gasteiger partial charge in [0.15, 0.2) is 11.6 Å². The molecule has 0 amide bonds. The van der Waals surface area contributed by atoms with E-state index in [0.717, 1.165) is 21.3 Å². The molecule has 0 radical (unpaired) electrons. The maximum atomic E-state index is 5.95. The lowest BCUT2D eigenvalue weighted by molar-refractivity contribution is 1.07. The minimum absolute atomic E-state index is 0.431. The Hall–Kier alpha value is -2.21. The van der Waals surface area contributed by atoms with Crippen LogP contribution in [0.3, 0.4) is 0 Å². The van der Waals surface area contributed by atoms with Crippen LogP contribution in [0, 0.1) is 0 Å². The van der Waals surface area contributed by atoms with Gasteiger partial charge in [0.1, 0.15) is 5.69 Å². The third kappa shape index (κ3) is 2.22. The van der Waals surface area contributed by atoms with E-state index in [0.29, 0.717) is 11.6 Å². The number of anilines is 1. The van der Waals surface area contributed by atoms with Crippen LogP contribution in [0.1, 0.15) is 0 Å². The molecule has 0 atom stereocenters. The zero-order valence-corrected chi connectivity index (χ0v) is 11.4. The van der Waals surface area contributed by atoms with Crippen molar-refractivity contribution in [1.29, 1.82) is 0 Å². The van der Waals surface area contributed by atoms with Gasteiger partial charge in [0.2, 0.25) is 0 Å². The second-order valence-electron chi connectivity index (χ2n) is 3.94. The van der Waals surface area contributed by atoms with Gasteiger partial charge < -0.3 is 5.73 Å². The second kappa shape index (κ2) is 4.81.